The van der Waals surface area contributed by atoms with Gasteiger partial charge in [0, 0.05) is 6.04 Å². The fourth-order valence-electron chi connectivity index (χ4n) is 3.52. The number of carbonyl (C=O) groups excluding carboxylic acids is 1. The van der Waals surface area contributed by atoms with Gasteiger partial charge in [0.05, 0.1) is 12.6 Å². The minimum Gasteiger partial charge on any atom is -0.348 e. The van der Waals surface area contributed by atoms with E-state index in [0.29, 0.717) is 12.6 Å². The van der Waals surface area contributed by atoms with Gasteiger partial charge >= 0.3 is 0 Å². The van der Waals surface area contributed by atoms with E-state index in [1.807, 2.05) is 0 Å². The molecule has 0 unspecified atom stereocenters. The summed E-state index contributed by atoms with van der Waals surface area (Å²) in [5.41, 5.74) is 4.22. The van der Waals surface area contributed by atoms with Gasteiger partial charge in [-0.25, -0.2) is 0 Å². The van der Waals surface area contributed by atoms with E-state index >= 15 is 0 Å². The zero-order valence-corrected chi connectivity index (χ0v) is 13.9. The van der Waals surface area contributed by atoms with Crippen LogP contribution in [-0.4, -0.2) is 29.9 Å². The summed E-state index contributed by atoms with van der Waals surface area (Å²) >= 11 is 0. The van der Waals surface area contributed by atoms with E-state index < -0.39 is 0 Å². The average Bonchev–Trinajstić information content (AvgIpc) is 3.37. The Morgan fingerprint density at radius 2 is 2.00 bits per heavy atom. The fraction of sp³-hybridized carbons (Fsp3) is 0.632. The second kappa shape index (κ2) is 6.82. The maximum Gasteiger partial charge on any atom is 0.234 e. The van der Waals surface area contributed by atoms with Gasteiger partial charge in [-0.1, -0.05) is 25.1 Å². The average molecular weight is 300 g/mol. The highest BCUT2D eigenvalue weighted by atomic mass is 16.2. The van der Waals surface area contributed by atoms with E-state index in [2.05, 4.69) is 42.3 Å². The molecule has 120 valence electrons. The zero-order chi connectivity index (χ0) is 15.5. The van der Waals surface area contributed by atoms with Gasteiger partial charge < -0.3 is 5.32 Å². The third-order valence-electron chi connectivity index (χ3n) is 5.07. The molecule has 2 aliphatic carbocycles. The van der Waals surface area contributed by atoms with Gasteiger partial charge in [0.1, 0.15) is 0 Å². The zero-order valence-electron chi connectivity index (χ0n) is 13.9. The van der Waals surface area contributed by atoms with E-state index in [4.69, 9.17) is 0 Å². The molecule has 0 radical (unpaired) electrons. The Hall–Kier alpha value is -1.35. The number of hydrogen-bond donors (Lipinski definition) is 1. The number of hydrogen-bond acceptors (Lipinski definition) is 2. The summed E-state index contributed by atoms with van der Waals surface area (Å²) in [4.78, 5) is 14.6. The molecular weight excluding hydrogens is 272 g/mol. The maximum atomic E-state index is 12.3. The van der Waals surface area contributed by atoms with Crippen LogP contribution in [-0.2, 0) is 17.6 Å². The Morgan fingerprint density at radius 3 is 2.68 bits per heavy atom. The summed E-state index contributed by atoms with van der Waals surface area (Å²) in [6.07, 6.45) is 7.51. The smallest absolute Gasteiger partial charge is 0.234 e. The van der Waals surface area contributed by atoms with Crippen molar-refractivity contribution in [3.8, 4) is 0 Å². The van der Waals surface area contributed by atoms with Crippen molar-refractivity contribution in [3.05, 3.63) is 34.9 Å². The molecule has 3 rings (SSSR count). The van der Waals surface area contributed by atoms with Crippen LogP contribution in [0.5, 0.6) is 0 Å². The highest BCUT2D eigenvalue weighted by Gasteiger charge is 2.29. The van der Waals surface area contributed by atoms with Crippen LogP contribution in [0.25, 0.3) is 0 Å². The number of nitrogens with zero attached hydrogens (tertiary/aromatic N) is 1. The molecular formula is C19H28N2O. The van der Waals surface area contributed by atoms with Crippen LogP contribution in [0.1, 0.15) is 62.3 Å². The van der Waals surface area contributed by atoms with Gasteiger partial charge in [-0.05, 0) is 68.7 Å². The fourth-order valence-corrected chi connectivity index (χ4v) is 3.52. The number of carbonyl (C=O) groups is 1. The summed E-state index contributed by atoms with van der Waals surface area (Å²) < 4.78 is 0. The molecule has 0 saturated heterocycles. The Bertz CT molecular complexity index is 536. The number of fused-ring (bicyclic) bond motifs is 1. The summed E-state index contributed by atoms with van der Waals surface area (Å²) in [6, 6.07) is 7.49. The molecule has 0 aromatic heterocycles. The predicted molar refractivity (Wildman–Crippen MR) is 89.9 cm³/mol. The minimum atomic E-state index is 0.0950. The van der Waals surface area contributed by atoms with Crippen LogP contribution in [0.2, 0.25) is 0 Å². The van der Waals surface area contributed by atoms with Crippen LogP contribution in [0.15, 0.2) is 18.2 Å². The lowest BCUT2D eigenvalue weighted by molar-refractivity contribution is -0.123. The molecule has 1 N–H and O–H groups in total. The molecule has 0 spiro atoms. The summed E-state index contributed by atoms with van der Waals surface area (Å²) in [7, 11) is 0. The lowest BCUT2D eigenvalue weighted by Gasteiger charge is -2.22. The van der Waals surface area contributed by atoms with Gasteiger partial charge in [0.2, 0.25) is 5.91 Å². The Labute approximate surface area is 134 Å². The van der Waals surface area contributed by atoms with E-state index in [-0.39, 0.29) is 11.9 Å². The van der Waals surface area contributed by atoms with E-state index in [1.165, 1.54) is 55.2 Å². The quantitative estimate of drug-likeness (QED) is 0.875. The number of aryl methyl sites for hydroxylation is 2. The van der Waals surface area contributed by atoms with Crippen LogP contribution in [0, 0.1) is 0 Å². The topological polar surface area (TPSA) is 32.3 Å². The molecule has 1 aromatic carbocycles. The maximum absolute atomic E-state index is 12.3. The van der Waals surface area contributed by atoms with Gasteiger partial charge in [-0.15, -0.1) is 0 Å². The Morgan fingerprint density at radius 1 is 1.27 bits per heavy atom. The lowest BCUT2D eigenvalue weighted by Crippen LogP contribution is -2.39. The van der Waals surface area contributed by atoms with Crippen molar-refractivity contribution in [2.75, 3.05) is 13.1 Å². The van der Waals surface area contributed by atoms with Crippen molar-refractivity contribution >= 4 is 5.91 Å². The number of amides is 1. The molecule has 0 bridgehead atoms. The standard InChI is InChI=1S/C19H28N2O/c1-3-21(18-10-11-18)13-19(22)20-14(2)16-9-8-15-6-4-5-7-17(15)12-16/h8-9,12,14,18H,3-7,10-11,13H2,1-2H3,(H,20,22)/t14-/m1/s1. The van der Waals surface area contributed by atoms with Crippen molar-refractivity contribution in [3.63, 3.8) is 0 Å². The Kier molecular flexibility index (Phi) is 4.82. The summed E-state index contributed by atoms with van der Waals surface area (Å²) in [6.45, 7) is 5.73. The van der Waals surface area contributed by atoms with Crippen molar-refractivity contribution in [1.29, 1.82) is 0 Å². The first-order chi connectivity index (χ1) is 10.7. The lowest BCUT2D eigenvalue weighted by atomic mass is 9.89. The largest absolute Gasteiger partial charge is 0.348 e. The molecule has 0 heterocycles. The van der Waals surface area contributed by atoms with Crippen molar-refractivity contribution in [2.45, 2.75) is 64.5 Å². The van der Waals surface area contributed by atoms with Crippen LogP contribution < -0.4 is 5.32 Å². The van der Waals surface area contributed by atoms with E-state index in [0.717, 1.165) is 6.54 Å². The van der Waals surface area contributed by atoms with Gasteiger partial charge in [-0.2, -0.15) is 0 Å². The van der Waals surface area contributed by atoms with Crippen molar-refractivity contribution in [1.82, 2.24) is 10.2 Å². The number of rotatable bonds is 6. The normalized spacial score (nSPS) is 18.9. The number of nitrogens with one attached hydrogen (secondary N) is 1. The van der Waals surface area contributed by atoms with Crippen LogP contribution >= 0.6 is 0 Å². The summed E-state index contributed by atoms with van der Waals surface area (Å²) in [5, 5.41) is 3.17. The van der Waals surface area contributed by atoms with Crippen LogP contribution in [0.3, 0.4) is 0 Å². The molecule has 2 aliphatic rings. The Balaban J connectivity index is 1.58. The molecule has 22 heavy (non-hydrogen) atoms. The number of likely N-dealkylation sites (N-methyl/N-ethyl adjacent to an activating group) is 1. The van der Waals surface area contributed by atoms with E-state index in [9.17, 15) is 4.79 Å². The summed E-state index contributed by atoms with van der Waals surface area (Å²) in [5.74, 6) is 0.152. The highest BCUT2D eigenvalue weighted by molar-refractivity contribution is 5.78. The third-order valence-corrected chi connectivity index (χ3v) is 5.07. The highest BCUT2D eigenvalue weighted by Crippen LogP contribution is 2.27. The molecule has 1 amide bonds. The first-order valence-electron chi connectivity index (χ1n) is 8.82. The van der Waals surface area contributed by atoms with Gasteiger partial charge in [-0.3, -0.25) is 9.69 Å². The van der Waals surface area contributed by atoms with Gasteiger partial charge in [0.25, 0.3) is 0 Å². The van der Waals surface area contributed by atoms with Crippen molar-refractivity contribution in [2.24, 2.45) is 0 Å². The predicted octanol–water partition coefficient (Wildman–Crippen LogP) is 3.23. The van der Waals surface area contributed by atoms with E-state index in [1.54, 1.807) is 0 Å². The molecule has 0 aliphatic heterocycles. The molecule has 3 heteroatoms. The molecule has 1 aromatic rings. The molecule has 1 atom stereocenters. The van der Waals surface area contributed by atoms with Gasteiger partial charge in [0.15, 0.2) is 0 Å². The molecule has 3 nitrogen and oxygen atoms in total. The number of benzene rings is 1. The third kappa shape index (κ3) is 3.70. The minimum absolute atomic E-state index is 0.0950. The second-order valence-electron chi connectivity index (χ2n) is 6.82. The SMILES string of the molecule is CCN(CC(=O)N[C@H](C)c1ccc2c(c1)CCCC2)C1CC1. The monoisotopic (exact) mass is 300 g/mol. The van der Waals surface area contributed by atoms with Crippen LogP contribution in [0.4, 0.5) is 0 Å². The molecule has 1 saturated carbocycles. The van der Waals surface area contributed by atoms with Crippen molar-refractivity contribution < 1.29 is 4.79 Å². The second-order valence-corrected chi connectivity index (χ2v) is 6.82. The first-order valence-corrected chi connectivity index (χ1v) is 8.82. The molecule has 1 fully saturated rings. The first kappa shape index (κ1) is 15.5.